The summed E-state index contributed by atoms with van der Waals surface area (Å²) in [5, 5.41) is 0. The summed E-state index contributed by atoms with van der Waals surface area (Å²) in [6.45, 7) is 1.30. The topological polar surface area (TPSA) is 3.24 Å². The lowest BCUT2D eigenvalue weighted by Crippen LogP contribution is -2.28. The van der Waals surface area contributed by atoms with Crippen molar-refractivity contribution >= 4 is 7.92 Å². The molecule has 0 unspecified atom stereocenters. The summed E-state index contributed by atoms with van der Waals surface area (Å²) in [7, 11) is 4.84. The molecule has 2 heteroatoms. The highest BCUT2D eigenvalue weighted by molar-refractivity contribution is 7.59. The monoisotopic (exact) mass is 227 g/mol. The molecule has 0 saturated carbocycles. The van der Waals surface area contributed by atoms with Gasteiger partial charge in [0.25, 0.3) is 0 Å². The average Bonchev–Trinajstić information content (AvgIpc) is 2.16. The number of fused-ring (bicyclic) bond motifs is 2. The lowest BCUT2D eigenvalue weighted by molar-refractivity contribution is 0.407. The van der Waals surface area contributed by atoms with E-state index in [2.05, 4.69) is 19.0 Å². The van der Waals surface area contributed by atoms with Gasteiger partial charge in [-0.1, -0.05) is 12.8 Å². The Kier molecular flexibility index (Phi) is 4.46. The van der Waals surface area contributed by atoms with Crippen molar-refractivity contribution in [3.63, 3.8) is 0 Å². The zero-order valence-electron chi connectivity index (χ0n) is 10.4. The normalized spacial score (nSPS) is 35.8. The van der Waals surface area contributed by atoms with Crippen LogP contribution in [0, 0.1) is 0 Å². The fraction of sp³-hybridized carbons (Fsp3) is 1.00. The van der Waals surface area contributed by atoms with E-state index in [1.165, 1.54) is 24.3 Å². The predicted molar refractivity (Wildman–Crippen MR) is 70.2 cm³/mol. The molecule has 0 radical (unpaired) electrons. The highest BCUT2D eigenvalue weighted by atomic mass is 31.1. The molecule has 0 aliphatic carbocycles. The van der Waals surface area contributed by atoms with E-state index < -0.39 is 0 Å². The van der Waals surface area contributed by atoms with Gasteiger partial charge in [0.15, 0.2) is 0 Å². The maximum Gasteiger partial charge on any atom is -0.00215 e. The standard InChI is InChI=1S/C13H26NP/c1-14(2)10-5-11-15-12-6-3-7-13(15)9-4-8-12/h12-13H,3-11H2,1-2H3. The number of nitrogens with zero attached hydrogens (tertiary/aromatic N) is 1. The smallest absolute Gasteiger partial charge is 0.00215 e. The van der Waals surface area contributed by atoms with Gasteiger partial charge in [-0.25, -0.2) is 0 Å². The molecular weight excluding hydrogens is 201 g/mol. The van der Waals surface area contributed by atoms with Gasteiger partial charge in [-0.05, 0) is 70.2 Å². The Morgan fingerprint density at radius 3 is 2.00 bits per heavy atom. The number of rotatable bonds is 4. The second-order valence-electron chi connectivity index (χ2n) is 5.56. The molecule has 0 amide bonds. The maximum atomic E-state index is 2.34. The molecule has 15 heavy (non-hydrogen) atoms. The minimum Gasteiger partial charge on any atom is -0.309 e. The van der Waals surface area contributed by atoms with Crippen molar-refractivity contribution in [2.24, 2.45) is 0 Å². The van der Waals surface area contributed by atoms with Gasteiger partial charge in [0.05, 0.1) is 0 Å². The molecule has 0 aromatic carbocycles. The van der Waals surface area contributed by atoms with Gasteiger partial charge in [-0.15, -0.1) is 7.92 Å². The minimum atomic E-state index is 0.433. The summed E-state index contributed by atoms with van der Waals surface area (Å²) in [6.07, 6.45) is 12.4. The summed E-state index contributed by atoms with van der Waals surface area (Å²) in [5.41, 5.74) is 2.35. The Morgan fingerprint density at radius 1 is 1.00 bits per heavy atom. The molecule has 2 bridgehead atoms. The van der Waals surface area contributed by atoms with Crippen LogP contribution >= 0.6 is 7.92 Å². The quantitative estimate of drug-likeness (QED) is 0.664. The molecule has 2 fully saturated rings. The van der Waals surface area contributed by atoms with Crippen LogP contribution in [0.5, 0.6) is 0 Å². The van der Waals surface area contributed by atoms with Crippen molar-refractivity contribution in [2.75, 3.05) is 26.8 Å². The van der Waals surface area contributed by atoms with Gasteiger partial charge < -0.3 is 4.90 Å². The van der Waals surface area contributed by atoms with Crippen molar-refractivity contribution < 1.29 is 0 Å². The van der Waals surface area contributed by atoms with Gasteiger partial charge in [0, 0.05) is 0 Å². The van der Waals surface area contributed by atoms with Gasteiger partial charge in [-0.3, -0.25) is 0 Å². The van der Waals surface area contributed by atoms with Crippen LogP contribution in [-0.2, 0) is 0 Å². The van der Waals surface area contributed by atoms with E-state index in [4.69, 9.17) is 0 Å². The summed E-state index contributed by atoms with van der Waals surface area (Å²) in [6, 6.07) is 0. The van der Waals surface area contributed by atoms with Crippen LogP contribution in [0.1, 0.15) is 44.9 Å². The summed E-state index contributed by atoms with van der Waals surface area (Å²) >= 11 is 0. The Morgan fingerprint density at radius 2 is 1.53 bits per heavy atom. The SMILES string of the molecule is CN(C)CCCP1C2CCCC1CCC2. The van der Waals surface area contributed by atoms with Gasteiger partial charge in [-0.2, -0.15) is 0 Å². The van der Waals surface area contributed by atoms with Crippen LogP contribution in [0.4, 0.5) is 0 Å². The first kappa shape index (κ1) is 11.9. The molecule has 0 aromatic rings. The molecule has 0 spiro atoms. The highest BCUT2D eigenvalue weighted by Gasteiger charge is 2.34. The van der Waals surface area contributed by atoms with Gasteiger partial charge in [0.2, 0.25) is 0 Å². The Balaban J connectivity index is 1.79. The van der Waals surface area contributed by atoms with Crippen LogP contribution < -0.4 is 0 Å². The number of hydrogen-bond acceptors (Lipinski definition) is 1. The minimum absolute atomic E-state index is 0.433. The lowest BCUT2D eigenvalue weighted by Gasteiger charge is -2.43. The second kappa shape index (κ2) is 5.64. The predicted octanol–water partition coefficient (Wildman–Crippen LogP) is 3.53. The molecule has 2 heterocycles. The molecule has 0 N–H and O–H groups in total. The molecule has 2 rings (SSSR count). The first-order valence-corrected chi connectivity index (χ1v) is 8.34. The summed E-state index contributed by atoms with van der Waals surface area (Å²) in [5.74, 6) is 0. The van der Waals surface area contributed by atoms with Crippen LogP contribution in [0.3, 0.4) is 0 Å². The molecule has 88 valence electrons. The van der Waals surface area contributed by atoms with Gasteiger partial charge in [0.1, 0.15) is 0 Å². The maximum absolute atomic E-state index is 2.34. The number of hydrogen-bond donors (Lipinski definition) is 0. The summed E-state index contributed by atoms with van der Waals surface area (Å²) in [4.78, 5) is 2.34. The first-order valence-electron chi connectivity index (χ1n) is 6.68. The third kappa shape index (κ3) is 3.17. The third-order valence-corrected chi connectivity index (χ3v) is 7.85. The van der Waals surface area contributed by atoms with Crippen LogP contribution in [0.25, 0.3) is 0 Å². The molecule has 0 atom stereocenters. The Labute approximate surface area is 96.4 Å². The zero-order valence-corrected chi connectivity index (χ0v) is 11.3. The van der Waals surface area contributed by atoms with Crippen LogP contribution in [0.2, 0.25) is 0 Å². The third-order valence-electron chi connectivity index (χ3n) is 4.11. The van der Waals surface area contributed by atoms with E-state index >= 15 is 0 Å². The van der Waals surface area contributed by atoms with E-state index in [0.29, 0.717) is 7.92 Å². The van der Waals surface area contributed by atoms with Crippen molar-refractivity contribution in [1.29, 1.82) is 0 Å². The Bertz CT molecular complexity index is 171. The fourth-order valence-corrected chi connectivity index (χ4v) is 7.25. The van der Waals surface area contributed by atoms with Gasteiger partial charge >= 0.3 is 0 Å². The zero-order chi connectivity index (χ0) is 10.7. The van der Waals surface area contributed by atoms with Crippen molar-refractivity contribution in [2.45, 2.75) is 56.3 Å². The van der Waals surface area contributed by atoms with E-state index in [0.717, 1.165) is 0 Å². The summed E-state index contributed by atoms with van der Waals surface area (Å²) < 4.78 is 0. The molecule has 2 aliphatic heterocycles. The van der Waals surface area contributed by atoms with Crippen molar-refractivity contribution in [3.8, 4) is 0 Å². The molecule has 1 nitrogen and oxygen atoms in total. The fourth-order valence-electron chi connectivity index (χ4n) is 3.36. The van der Waals surface area contributed by atoms with E-state index in [1.54, 1.807) is 44.7 Å². The highest BCUT2D eigenvalue weighted by Crippen LogP contribution is 2.59. The van der Waals surface area contributed by atoms with E-state index in [-0.39, 0.29) is 0 Å². The molecule has 2 aliphatic rings. The first-order chi connectivity index (χ1) is 7.27. The molecular formula is C13H26NP. The van der Waals surface area contributed by atoms with E-state index in [9.17, 15) is 0 Å². The van der Waals surface area contributed by atoms with Crippen molar-refractivity contribution in [1.82, 2.24) is 4.90 Å². The Hall–Kier alpha value is 0.390. The average molecular weight is 227 g/mol. The van der Waals surface area contributed by atoms with Crippen molar-refractivity contribution in [3.05, 3.63) is 0 Å². The molecule has 2 saturated heterocycles. The van der Waals surface area contributed by atoms with Crippen LogP contribution in [0.15, 0.2) is 0 Å². The lowest BCUT2D eigenvalue weighted by atomic mass is 9.99. The van der Waals surface area contributed by atoms with Crippen LogP contribution in [-0.4, -0.2) is 43.0 Å². The second-order valence-corrected chi connectivity index (χ2v) is 8.50. The van der Waals surface area contributed by atoms with E-state index in [1.807, 2.05) is 0 Å². The molecule has 0 aromatic heterocycles. The largest absolute Gasteiger partial charge is 0.309 e.